The largest absolute Gasteiger partial charge is 0.502 e. The normalized spacial score (nSPS) is 10.8. The van der Waals surface area contributed by atoms with Gasteiger partial charge in [-0.1, -0.05) is 24.3 Å². The zero-order chi connectivity index (χ0) is 20.1. The van der Waals surface area contributed by atoms with Crippen LogP contribution in [0.2, 0.25) is 0 Å². The monoisotopic (exact) mass is 380 g/mol. The molecule has 0 bridgehead atoms. The quantitative estimate of drug-likeness (QED) is 0.506. The molecule has 0 atom stereocenters. The van der Waals surface area contributed by atoms with Crippen LogP contribution in [-0.4, -0.2) is 38.6 Å². The Hall–Kier alpha value is -3.74. The lowest BCUT2D eigenvalue weighted by Gasteiger charge is -2.10. The van der Waals surface area contributed by atoms with Crippen molar-refractivity contribution in [2.24, 2.45) is 5.10 Å². The number of nitrogens with zero attached hydrogens (tertiary/aromatic N) is 1. The van der Waals surface area contributed by atoms with Crippen LogP contribution < -0.4 is 19.6 Å². The Morgan fingerprint density at radius 1 is 0.929 bits per heavy atom. The molecule has 0 aromatic heterocycles. The molecule has 0 fully saturated rings. The van der Waals surface area contributed by atoms with E-state index in [-0.39, 0.29) is 17.2 Å². The third-order valence-corrected chi connectivity index (χ3v) is 4.19. The van der Waals surface area contributed by atoms with Crippen molar-refractivity contribution < 1.29 is 24.1 Å². The van der Waals surface area contributed by atoms with Crippen LogP contribution in [0.15, 0.2) is 53.6 Å². The number of aromatic hydroxyl groups is 1. The smallest absolute Gasteiger partial charge is 0.275 e. The molecule has 3 rings (SSSR count). The van der Waals surface area contributed by atoms with E-state index >= 15 is 0 Å². The van der Waals surface area contributed by atoms with E-state index in [9.17, 15) is 9.90 Å². The van der Waals surface area contributed by atoms with Crippen LogP contribution in [-0.2, 0) is 0 Å². The lowest BCUT2D eigenvalue weighted by atomic mass is 10.1. The van der Waals surface area contributed by atoms with Gasteiger partial charge in [0.2, 0.25) is 5.75 Å². The second-order valence-electron chi connectivity index (χ2n) is 5.87. The predicted octanol–water partition coefficient (Wildman–Crippen LogP) is 3.34. The topological polar surface area (TPSA) is 89.4 Å². The maximum Gasteiger partial charge on any atom is 0.275 e. The summed E-state index contributed by atoms with van der Waals surface area (Å²) in [4.78, 5) is 12.6. The van der Waals surface area contributed by atoms with Crippen LogP contribution in [0, 0.1) is 0 Å². The van der Waals surface area contributed by atoms with Gasteiger partial charge >= 0.3 is 0 Å². The molecule has 7 heteroatoms. The van der Waals surface area contributed by atoms with Crippen molar-refractivity contribution in [1.82, 2.24) is 5.43 Å². The number of carbonyl (C=O) groups is 1. The zero-order valence-corrected chi connectivity index (χ0v) is 15.7. The highest BCUT2D eigenvalue weighted by atomic mass is 16.5. The number of hydrogen-bond donors (Lipinski definition) is 2. The van der Waals surface area contributed by atoms with E-state index < -0.39 is 5.91 Å². The van der Waals surface area contributed by atoms with Gasteiger partial charge in [0.25, 0.3) is 5.91 Å². The van der Waals surface area contributed by atoms with Crippen molar-refractivity contribution in [3.05, 3.63) is 59.7 Å². The van der Waals surface area contributed by atoms with Crippen molar-refractivity contribution in [2.75, 3.05) is 21.3 Å². The Labute approximate surface area is 162 Å². The Kier molecular flexibility index (Phi) is 5.64. The molecular formula is C21H20N2O5. The first-order valence-electron chi connectivity index (χ1n) is 8.42. The van der Waals surface area contributed by atoms with Crippen LogP contribution in [0.5, 0.6) is 23.0 Å². The fraction of sp³-hybridized carbons (Fsp3) is 0.143. The van der Waals surface area contributed by atoms with E-state index in [1.54, 1.807) is 18.2 Å². The molecule has 0 saturated heterocycles. The van der Waals surface area contributed by atoms with Gasteiger partial charge in [-0.2, -0.15) is 5.10 Å². The molecular weight excluding hydrogens is 360 g/mol. The van der Waals surface area contributed by atoms with Crippen LogP contribution >= 0.6 is 0 Å². The number of fused-ring (bicyclic) bond motifs is 1. The minimum absolute atomic E-state index is 0.105. The standard InChI is InChI=1S/C21H20N2O5/c1-26-17-11-15-7-5-4-6-14(15)10-16(17)21(25)23-22-12-13-8-18(27-2)20(24)19(9-13)28-3/h4-12,24H,1-3H3,(H,23,25). The maximum absolute atomic E-state index is 12.6. The molecule has 144 valence electrons. The number of phenolic OH excluding ortho intramolecular Hbond substituents is 1. The number of ether oxygens (including phenoxy) is 3. The molecule has 7 nitrogen and oxygen atoms in total. The first-order valence-corrected chi connectivity index (χ1v) is 8.42. The van der Waals surface area contributed by atoms with Crippen LogP contribution in [0.1, 0.15) is 15.9 Å². The molecule has 0 aliphatic heterocycles. The van der Waals surface area contributed by atoms with Crippen LogP contribution in [0.3, 0.4) is 0 Å². The summed E-state index contributed by atoms with van der Waals surface area (Å²) in [6.07, 6.45) is 1.43. The molecule has 2 N–H and O–H groups in total. The molecule has 0 heterocycles. The number of amides is 1. The summed E-state index contributed by atoms with van der Waals surface area (Å²) in [6.45, 7) is 0. The van der Waals surface area contributed by atoms with Crippen LogP contribution in [0.4, 0.5) is 0 Å². The first-order chi connectivity index (χ1) is 13.6. The highest BCUT2D eigenvalue weighted by molar-refractivity contribution is 6.02. The molecule has 3 aromatic rings. The second-order valence-corrected chi connectivity index (χ2v) is 5.87. The summed E-state index contributed by atoms with van der Waals surface area (Å²) in [5.41, 5.74) is 3.44. The number of nitrogens with one attached hydrogen (secondary N) is 1. The fourth-order valence-corrected chi connectivity index (χ4v) is 2.78. The minimum Gasteiger partial charge on any atom is -0.502 e. The number of rotatable bonds is 6. The lowest BCUT2D eigenvalue weighted by molar-refractivity contribution is 0.0952. The van der Waals surface area contributed by atoms with Gasteiger partial charge in [-0.05, 0) is 35.0 Å². The summed E-state index contributed by atoms with van der Waals surface area (Å²) in [5, 5.41) is 15.8. The Bertz CT molecular complexity index is 1020. The number of methoxy groups -OCH3 is 3. The molecule has 0 radical (unpaired) electrons. The van der Waals surface area contributed by atoms with Gasteiger partial charge in [-0.15, -0.1) is 0 Å². The summed E-state index contributed by atoms with van der Waals surface area (Å²) < 4.78 is 15.5. The van der Waals surface area contributed by atoms with Gasteiger partial charge in [-0.25, -0.2) is 5.43 Å². The van der Waals surface area contributed by atoms with Crippen molar-refractivity contribution in [3.63, 3.8) is 0 Å². The number of benzene rings is 3. The Morgan fingerprint density at radius 2 is 1.50 bits per heavy atom. The number of hydrazone groups is 1. The van der Waals surface area contributed by atoms with E-state index in [1.165, 1.54) is 27.5 Å². The zero-order valence-electron chi connectivity index (χ0n) is 15.7. The number of carbonyl (C=O) groups excluding carboxylic acids is 1. The first kappa shape index (κ1) is 19.0. The lowest BCUT2D eigenvalue weighted by Crippen LogP contribution is -2.18. The van der Waals surface area contributed by atoms with Crippen molar-refractivity contribution in [2.45, 2.75) is 0 Å². The number of phenols is 1. The summed E-state index contributed by atoms with van der Waals surface area (Å²) >= 11 is 0. The molecule has 0 aliphatic rings. The SMILES string of the molecule is COc1cc2ccccc2cc1C(=O)NN=Cc1cc(OC)c(O)c(OC)c1. The third-order valence-electron chi connectivity index (χ3n) is 4.19. The molecule has 0 aliphatic carbocycles. The highest BCUT2D eigenvalue weighted by Gasteiger charge is 2.14. The Balaban J connectivity index is 1.83. The average molecular weight is 380 g/mol. The van der Waals surface area contributed by atoms with E-state index in [0.29, 0.717) is 16.9 Å². The molecule has 0 saturated carbocycles. The van der Waals surface area contributed by atoms with Crippen molar-refractivity contribution >= 4 is 22.9 Å². The van der Waals surface area contributed by atoms with Crippen molar-refractivity contribution in [1.29, 1.82) is 0 Å². The average Bonchev–Trinajstić information content (AvgIpc) is 2.73. The molecule has 1 amide bonds. The van der Waals surface area contributed by atoms with E-state index in [1.807, 2.05) is 30.3 Å². The summed E-state index contributed by atoms with van der Waals surface area (Å²) in [5.74, 6) is 0.426. The van der Waals surface area contributed by atoms with E-state index in [0.717, 1.165) is 10.8 Å². The van der Waals surface area contributed by atoms with E-state index in [2.05, 4.69) is 10.5 Å². The van der Waals surface area contributed by atoms with Gasteiger partial charge in [0.1, 0.15) is 5.75 Å². The maximum atomic E-state index is 12.6. The highest BCUT2D eigenvalue weighted by Crippen LogP contribution is 2.36. The molecule has 3 aromatic carbocycles. The molecule has 28 heavy (non-hydrogen) atoms. The van der Waals surface area contributed by atoms with Crippen LogP contribution in [0.25, 0.3) is 10.8 Å². The van der Waals surface area contributed by atoms with Gasteiger partial charge in [0, 0.05) is 5.56 Å². The molecule has 0 spiro atoms. The van der Waals surface area contributed by atoms with Gasteiger partial charge in [0.05, 0.1) is 33.1 Å². The second kappa shape index (κ2) is 8.30. The molecule has 0 unspecified atom stereocenters. The number of hydrogen-bond acceptors (Lipinski definition) is 6. The third kappa shape index (κ3) is 3.83. The summed E-state index contributed by atoms with van der Waals surface area (Å²) in [7, 11) is 4.38. The minimum atomic E-state index is -0.406. The Morgan fingerprint density at radius 3 is 2.07 bits per heavy atom. The fourth-order valence-electron chi connectivity index (χ4n) is 2.78. The van der Waals surface area contributed by atoms with Gasteiger partial charge in [-0.3, -0.25) is 4.79 Å². The van der Waals surface area contributed by atoms with Gasteiger partial charge in [0.15, 0.2) is 11.5 Å². The summed E-state index contributed by atoms with van der Waals surface area (Å²) in [6, 6.07) is 14.4. The van der Waals surface area contributed by atoms with Gasteiger partial charge < -0.3 is 19.3 Å². The predicted molar refractivity (Wildman–Crippen MR) is 107 cm³/mol. The van der Waals surface area contributed by atoms with E-state index in [4.69, 9.17) is 14.2 Å². The van der Waals surface area contributed by atoms with Crippen molar-refractivity contribution in [3.8, 4) is 23.0 Å².